The van der Waals surface area contributed by atoms with E-state index in [1.165, 1.54) is 0 Å². The molecule has 1 amide bonds. The van der Waals surface area contributed by atoms with Gasteiger partial charge < -0.3 is 20.1 Å². The van der Waals surface area contributed by atoms with Crippen molar-refractivity contribution in [3.05, 3.63) is 23.9 Å². The Morgan fingerprint density at radius 2 is 2.35 bits per heavy atom. The summed E-state index contributed by atoms with van der Waals surface area (Å²) in [6, 6.07) is 3.57. The van der Waals surface area contributed by atoms with E-state index in [1.54, 1.807) is 12.3 Å². The molecule has 2 heterocycles. The summed E-state index contributed by atoms with van der Waals surface area (Å²) in [7, 11) is 0. The number of hydrogen-bond donors (Lipinski definition) is 2. The Balaban J connectivity index is 1.79. The second-order valence-corrected chi connectivity index (χ2v) is 4.64. The smallest absolute Gasteiger partial charge is 0.252 e. The number of carbonyl (C=O) groups is 1. The van der Waals surface area contributed by atoms with Gasteiger partial charge in [0.1, 0.15) is 5.82 Å². The molecule has 1 saturated heterocycles. The summed E-state index contributed by atoms with van der Waals surface area (Å²) in [6.45, 7) is 5.15. The summed E-state index contributed by atoms with van der Waals surface area (Å²) < 4.78 is 10.7. The van der Waals surface area contributed by atoms with Crippen molar-refractivity contribution in [1.29, 1.82) is 0 Å². The van der Waals surface area contributed by atoms with Crippen molar-refractivity contribution < 1.29 is 14.3 Å². The quantitative estimate of drug-likeness (QED) is 0.814. The first-order valence-corrected chi connectivity index (χ1v) is 6.97. The van der Waals surface area contributed by atoms with Crippen LogP contribution in [0.4, 0.5) is 5.82 Å². The number of hydrogen-bond acceptors (Lipinski definition) is 5. The van der Waals surface area contributed by atoms with Crippen molar-refractivity contribution in [2.75, 3.05) is 38.2 Å². The van der Waals surface area contributed by atoms with Crippen molar-refractivity contribution in [2.45, 2.75) is 19.4 Å². The van der Waals surface area contributed by atoms with E-state index in [2.05, 4.69) is 22.5 Å². The van der Waals surface area contributed by atoms with Gasteiger partial charge in [-0.05, 0) is 18.6 Å². The van der Waals surface area contributed by atoms with Gasteiger partial charge in [-0.2, -0.15) is 0 Å². The number of nitrogens with one attached hydrogen (secondary N) is 2. The molecule has 0 radical (unpaired) electrons. The third kappa shape index (κ3) is 4.47. The first-order valence-electron chi connectivity index (χ1n) is 6.97. The van der Waals surface area contributed by atoms with Gasteiger partial charge in [-0.3, -0.25) is 4.79 Å². The number of anilines is 1. The molecule has 1 unspecified atom stereocenters. The Bertz CT molecular complexity index is 416. The van der Waals surface area contributed by atoms with E-state index in [4.69, 9.17) is 9.47 Å². The molecule has 0 saturated carbocycles. The van der Waals surface area contributed by atoms with Crippen LogP contribution < -0.4 is 10.6 Å². The normalized spacial score (nSPS) is 18.6. The van der Waals surface area contributed by atoms with Crippen LogP contribution in [0, 0.1) is 0 Å². The van der Waals surface area contributed by atoms with Gasteiger partial charge in [-0.15, -0.1) is 0 Å². The van der Waals surface area contributed by atoms with Crippen LogP contribution in [-0.4, -0.2) is 49.9 Å². The molecule has 1 aliphatic rings. The summed E-state index contributed by atoms with van der Waals surface area (Å²) in [6.07, 6.45) is 2.55. The van der Waals surface area contributed by atoms with Crippen molar-refractivity contribution in [1.82, 2.24) is 10.3 Å². The second kappa shape index (κ2) is 7.81. The van der Waals surface area contributed by atoms with Crippen molar-refractivity contribution in [2.24, 2.45) is 0 Å². The van der Waals surface area contributed by atoms with Crippen LogP contribution in [0.3, 0.4) is 0 Å². The molecule has 2 N–H and O–H groups in total. The van der Waals surface area contributed by atoms with E-state index in [0.717, 1.165) is 18.8 Å². The molecule has 2 rings (SSSR count). The summed E-state index contributed by atoms with van der Waals surface area (Å²) in [5, 5.41) is 5.99. The first-order chi connectivity index (χ1) is 9.79. The minimum atomic E-state index is -0.145. The lowest BCUT2D eigenvalue weighted by atomic mass is 10.2. The lowest BCUT2D eigenvalue weighted by molar-refractivity contribution is -0.0855. The zero-order chi connectivity index (χ0) is 14.2. The third-order valence-electron chi connectivity index (χ3n) is 2.96. The van der Waals surface area contributed by atoms with Gasteiger partial charge in [0.2, 0.25) is 0 Å². The Kier molecular flexibility index (Phi) is 5.76. The van der Waals surface area contributed by atoms with Gasteiger partial charge in [0.15, 0.2) is 0 Å². The maximum Gasteiger partial charge on any atom is 0.252 e. The standard InChI is InChI=1S/C14H21N3O3/c1-2-5-15-13-4-3-11(8-16-13)14(18)17-9-12-10-19-6-7-20-12/h3-4,8,12H,2,5-7,9-10H2,1H3,(H,15,16)(H,17,18). The molecule has 0 spiro atoms. The van der Waals surface area contributed by atoms with Crippen LogP contribution in [0.25, 0.3) is 0 Å². The average molecular weight is 279 g/mol. The van der Waals surface area contributed by atoms with E-state index in [9.17, 15) is 4.79 Å². The molecule has 6 nitrogen and oxygen atoms in total. The van der Waals surface area contributed by atoms with Gasteiger partial charge in [0.25, 0.3) is 5.91 Å². The van der Waals surface area contributed by atoms with Crippen molar-refractivity contribution in [3.63, 3.8) is 0 Å². The average Bonchev–Trinajstić information content (AvgIpc) is 2.52. The fourth-order valence-corrected chi connectivity index (χ4v) is 1.85. The lowest BCUT2D eigenvalue weighted by Crippen LogP contribution is -2.39. The molecule has 20 heavy (non-hydrogen) atoms. The number of nitrogens with zero attached hydrogens (tertiary/aromatic N) is 1. The van der Waals surface area contributed by atoms with Crippen LogP contribution in [-0.2, 0) is 9.47 Å². The van der Waals surface area contributed by atoms with Gasteiger partial charge >= 0.3 is 0 Å². The molecule has 0 aromatic carbocycles. The summed E-state index contributed by atoms with van der Waals surface area (Å²) in [5.74, 6) is 0.640. The van der Waals surface area contributed by atoms with Crippen LogP contribution in [0.5, 0.6) is 0 Å². The van der Waals surface area contributed by atoms with Crippen molar-refractivity contribution >= 4 is 11.7 Å². The maximum absolute atomic E-state index is 11.9. The van der Waals surface area contributed by atoms with Crippen LogP contribution in [0.1, 0.15) is 23.7 Å². The number of ether oxygens (including phenoxy) is 2. The Labute approximate surface area is 118 Å². The van der Waals surface area contributed by atoms with E-state index in [-0.39, 0.29) is 12.0 Å². The minimum absolute atomic E-state index is 0.0637. The monoisotopic (exact) mass is 279 g/mol. The zero-order valence-corrected chi connectivity index (χ0v) is 11.7. The highest BCUT2D eigenvalue weighted by Crippen LogP contribution is 2.05. The minimum Gasteiger partial charge on any atom is -0.376 e. The summed E-state index contributed by atoms with van der Waals surface area (Å²) >= 11 is 0. The van der Waals surface area contributed by atoms with Gasteiger partial charge in [0, 0.05) is 19.3 Å². The summed E-state index contributed by atoms with van der Waals surface area (Å²) in [4.78, 5) is 16.1. The molecule has 110 valence electrons. The van der Waals surface area contributed by atoms with Crippen LogP contribution in [0.2, 0.25) is 0 Å². The molecule has 1 atom stereocenters. The molecular formula is C14H21N3O3. The topological polar surface area (TPSA) is 72.5 Å². The van der Waals surface area contributed by atoms with Crippen molar-refractivity contribution in [3.8, 4) is 0 Å². The fraction of sp³-hybridized carbons (Fsp3) is 0.571. The predicted octanol–water partition coefficient (Wildman–Crippen LogP) is 1.05. The largest absolute Gasteiger partial charge is 0.376 e. The van der Waals surface area contributed by atoms with Crippen LogP contribution in [0.15, 0.2) is 18.3 Å². The number of rotatable bonds is 6. The molecule has 1 fully saturated rings. The van der Waals surface area contributed by atoms with E-state index in [1.807, 2.05) is 6.07 Å². The fourth-order valence-electron chi connectivity index (χ4n) is 1.85. The molecule has 0 bridgehead atoms. The van der Waals surface area contributed by atoms with Gasteiger partial charge in [0.05, 0.1) is 31.5 Å². The third-order valence-corrected chi connectivity index (χ3v) is 2.96. The highest BCUT2D eigenvalue weighted by atomic mass is 16.6. The highest BCUT2D eigenvalue weighted by molar-refractivity contribution is 5.94. The Hall–Kier alpha value is -1.66. The molecule has 6 heteroatoms. The predicted molar refractivity (Wildman–Crippen MR) is 75.9 cm³/mol. The van der Waals surface area contributed by atoms with Crippen LogP contribution >= 0.6 is 0 Å². The molecule has 0 aliphatic carbocycles. The summed E-state index contributed by atoms with van der Waals surface area (Å²) in [5.41, 5.74) is 0.545. The number of amides is 1. The maximum atomic E-state index is 11.9. The van der Waals surface area contributed by atoms with E-state index >= 15 is 0 Å². The lowest BCUT2D eigenvalue weighted by Gasteiger charge is -2.23. The number of aromatic nitrogens is 1. The Morgan fingerprint density at radius 3 is 3.00 bits per heavy atom. The van der Waals surface area contributed by atoms with Gasteiger partial charge in [-0.1, -0.05) is 6.92 Å². The van der Waals surface area contributed by atoms with E-state index < -0.39 is 0 Å². The van der Waals surface area contributed by atoms with E-state index in [0.29, 0.717) is 31.9 Å². The zero-order valence-electron chi connectivity index (χ0n) is 11.7. The second-order valence-electron chi connectivity index (χ2n) is 4.64. The highest BCUT2D eigenvalue weighted by Gasteiger charge is 2.15. The molecule has 1 aliphatic heterocycles. The SMILES string of the molecule is CCCNc1ccc(C(=O)NCC2COCCO2)cn1. The van der Waals surface area contributed by atoms with Gasteiger partial charge in [-0.25, -0.2) is 4.98 Å². The first kappa shape index (κ1) is 14.7. The Morgan fingerprint density at radius 1 is 1.45 bits per heavy atom. The number of carbonyl (C=O) groups excluding carboxylic acids is 1. The molecule has 1 aromatic heterocycles. The molecular weight excluding hydrogens is 258 g/mol. The molecule has 1 aromatic rings. The number of pyridine rings is 1.